The van der Waals surface area contributed by atoms with E-state index in [0.717, 1.165) is 18.4 Å². The minimum Gasteiger partial charge on any atom is -0.374 e. The molecule has 2 aliphatic carbocycles. The van der Waals surface area contributed by atoms with Crippen molar-refractivity contribution in [1.82, 2.24) is 0 Å². The van der Waals surface area contributed by atoms with Gasteiger partial charge in [-0.05, 0) is 68.3 Å². The molecule has 2 saturated carbocycles. The van der Waals surface area contributed by atoms with E-state index < -0.39 is 0 Å². The zero-order chi connectivity index (χ0) is 21.7. The summed E-state index contributed by atoms with van der Waals surface area (Å²) in [6, 6.07) is 13.3. The van der Waals surface area contributed by atoms with E-state index in [9.17, 15) is 5.26 Å². The summed E-state index contributed by atoms with van der Waals surface area (Å²) < 4.78 is 6.36. The van der Waals surface area contributed by atoms with Gasteiger partial charge in [-0.2, -0.15) is 5.26 Å². The Hall–Kier alpha value is -1.33. The molecule has 2 aliphatic rings. The van der Waals surface area contributed by atoms with Crippen LogP contribution in [-0.2, 0) is 11.3 Å². The molecule has 0 saturated heterocycles. The lowest BCUT2D eigenvalue weighted by atomic mass is 9.81. The van der Waals surface area contributed by atoms with Crippen LogP contribution in [0, 0.1) is 35.0 Å². The first-order valence-corrected chi connectivity index (χ1v) is 13.4. The molecule has 1 aromatic carbocycles. The van der Waals surface area contributed by atoms with Gasteiger partial charge >= 0.3 is 0 Å². The van der Waals surface area contributed by atoms with Crippen LogP contribution in [0.2, 0.25) is 0 Å². The van der Waals surface area contributed by atoms with Crippen LogP contribution in [0.25, 0.3) is 0 Å². The smallest absolute Gasteiger partial charge is 0.0720 e. The molecule has 3 unspecified atom stereocenters. The van der Waals surface area contributed by atoms with Crippen LogP contribution in [0.5, 0.6) is 0 Å². The molecule has 0 aliphatic heterocycles. The van der Waals surface area contributed by atoms with E-state index in [1.807, 2.05) is 0 Å². The van der Waals surface area contributed by atoms with Crippen molar-refractivity contribution in [3.63, 3.8) is 0 Å². The van der Waals surface area contributed by atoms with Gasteiger partial charge in [0.25, 0.3) is 0 Å². The number of hydrogen-bond donors (Lipinski definition) is 0. The molecule has 31 heavy (non-hydrogen) atoms. The second kappa shape index (κ2) is 13.9. The molecule has 2 nitrogen and oxygen atoms in total. The maximum absolute atomic E-state index is 9.68. The normalized spacial score (nSPS) is 19.0. The number of ether oxygens (including phenoxy) is 1. The number of benzene rings is 1. The Morgan fingerprint density at radius 2 is 1.45 bits per heavy atom. The zero-order valence-electron chi connectivity index (χ0n) is 19.9. The highest BCUT2D eigenvalue weighted by molar-refractivity contribution is 5.13. The summed E-state index contributed by atoms with van der Waals surface area (Å²) in [5.74, 6) is 2.66. The van der Waals surface area contributed by atoms with Crippen LogP contribution < -0.4 is 0 Å². The number of hydrogen-bond acceptors (Lipinski definition) is 2. The van der Waals surface area contributed by atoms with Crippen LogP contribution in [-0.4, -0.2) is 6.10 Å². The predicted octanol–water partition coefficient (Wildman–Crippen LogP) is 8.46. The fourth-order valence-electron chi connectivity index (χ4n) is 5.24. The van der Waals surface area contributed by atoms with E-state index in [0.29, 0.717) is 17.9 Å². The predicted molar refractivity (Wildman–Crippen MR) is 130 cm³/mol. The maximum Gasteiger partial charge on any atom is 0.0720 e. The Balaban J connectivity index is 1.35. The van der Waals surface area contributed by atoms with Crippen molar-refractivity contribution >= 4 is 0 Å². The van der Waals surface area contributed by atoms with Gasteiger partial charge in [-0.1, -0.05) is 88.6 Å². The van der Waals surface area contributed by atoms with E-state index in [2.05, 4.69) is 43.3 Å². The highest BCUT2D eigenvalue weighted by atomic mass is 16.5. The SMILES string of the molecule is CCCCCCCC(CCCCCC(C1CC1)C(C#N)C1CC1)OCc1ccccc1. The summed E-state index contributed by atoms with van der Waals surface area (Å²) in [7, 11) is 0. The first kappa shape index (κ1) is 24.3. The van der Waals surface area contributed by atoms with Gasteiger partial charge in [0.2, 0.25) is 0 Å². The van der Waals surface area contributed by atoms with Gasteiger partial charge in [0.1, 0.15) is 0 Å². The van der Waals surface area contributed by atoms with Crippen molar-refractivity contribution in [2.45, 2.75) is 116 Å². The number of rotatable bonds is 18. The molecule has 0 amide bonds. The minimum atomic E-state index is 0.359. The molecule has 3 atom stereocenters. The molecule has 0 aromatic heterocycles. The maximum atomic E-state index is 9.68. The number of nitrogens with zero attached hydrogens (tertiary/aromatic N) is 1. The van der Waals surface area contributed by atoms with Crippen LogP contribution in [0.4, 0.5) is 0 Å². The molecule has 0 spiro atoms. The van der Waals surface area contributed by atoms with E-state index in [1.54, 1.807) is 0 Å². The van der Waals surface area contributed by atoms with E-state index >= 15 is 0 Å². The fourth-order valence-corrected chi connectivity index (χ4v) is 5.24. The second-order valence-corrected chi connectivity index (χ2v) is 10.3. The molecule has 0 bridgehead atoms. The molecule has 2 fully saturated rings. The Bertz CT molecular complexity index is 628. The van der Waals surface area contributed by atoms with Gasteiger partial charge in [-0.25, -0.2) is 0 Å². The van der Waals surface area contributed by atoms with E-state index in [4.69, 9.17) is 4.74 Å². The van der Waals surface area contributed by atoms with Crippen LogP contribution in [0.3, 0.4) is 0 Å². The lowest BCUT2D eigenvalue weighted by molar-refractivity contribution is 0.0260. The summed E-state index contributed by atoms with van der Waals surface area (Å²) in [5, 5.41) is 9.68. The first-order valence-electron chi connectivity index (χ1n) is 13.4. The third-order valence-electron chi connectivity index (χ3n) is 7.49. The van der Waals surface area contributed by atoms with Gasteiger partial charge in [0.05, 0.1) is 24.7 Å². The van der Waals surface area contributed by atoms with Gasteiger partial charge in [0.15, 0.2) is 0 Å². The number of nitriles is 1. The first-order chi connectivity index (χ1) is 15.3. The third-order valence-corrected chi connectivity index (χ3v) is 7.49. The summed E-state index contributed by atoms with van der Waals surface area (Å²) in [4.78, 5) is 0. The quantitative estimate of drug-likeness (QED) is 0.222. The minimum absolute atomic E-state index is 0.359. The van der Waals surface area contributed by atoms with Crippen molar-refractivity contribution < 1.29 is 4.74 Å². The molecule has 172 valence electrons. The van der Waals surface area contributed by atoms with Crippen LogP contribution in [0.1, 0.15) is 109 Å². The topological polar surface area (TPSA) is 33.0 Å². The molecule has 1 aromatic rings. The average molecular weight is 424 g/mol. The van der Waals surface area contributed by atoms with E-state index in [1.165, 1.54) is 102 Å². The van der Waals surface area contributed by atoms with Crippen LogP contribution in [0.15, 0.2) is 30.3 Å². The largest absolute Gasteiger partial charge is 0.374 e. The molecule has 0 heterocycles. The number of unbranched alkanes of at least 4 members (excludes halogenated alkanes) is 6. The Labute approximate surface area is 191 Å². The highest BCUT2D eigenvalue weighted by Gasteiger charge is 2.43. The zero-order valence-corrected chi connectivity index (χ0v) is 19.9. The lowest BCUT2D eigenvalue weighted by Gasteiger charge is -2.22. The Morgan fingerprint density at radius 3 is 2.06 bits per heavy atom. The van der Waals surface area contributed by atoms with Crippen molar-refractivity contribution in [1.29, 1.82) is 5.26 Å². The third kappa shape index (κ3) is 9.36. The molecule has 0 N–H and O–H groups in total. The summed E-state index contributed by atoms with van der Waals surface area (Å²) >= 11 is 0. The van der Waals surface area contributed by atoms with Crippen molar-refractivity contribution in [2.75, 3.05) is 0 Å². The summed E-state index contributed by atoms with van der Waals surface area (Å²) in [6.45, 7) is 3.03. The molecule has 0 radical (unpaired) electrons. The standard InChI is InChI=1S/C29H45NO/c1-2-3-4-5-10-15-27(31-23-24-13-8-6-9-14-24)16-11-7-12-17-28(25-18-19-25)29(22-30)26-20-21-26/h6,8-9,13-14,25-29H,2-5,7,10-12,15-21,23H2,1H3. The monoisotopic (exact) mass is 423 g/mol. The van der Waals surface area contributed by atoms with Crippen molar-refractivity contribution in [2.24, 2.45) is 23.7 Å². The van der Waals surface area contributed by atoms with Crippen molar-refractivity contribution in [3.8, 4) is 6.07 Å². The van der Waals surface area contributed by atoms with Gasteiger partial charge < -0.3 is 4.74 Å². The molecular formula is C29H45NO. The average Bonchev–Trinajstić information content (AvgIpc) is 3.70. The fraction of sp³-hybridized carbons (Fsp3) is 0.759. The Kier molecular flexibility index (Phi) is 10.9. The summed E-state index contributed by atoms with van der Waals surface area (Å²) in [6.07, 6.45) is 20.0. The van der Waals surface area contributed by atoms with E-state index in [-0.39, 0.29) is 0 Å². The van der Waals surface area contributed by atoms with Gasteiger partial charge in [0, 0.05) is 0 Å². The second-order valence-electron chi connectivity index (χ2n) is 10.3. The molecule has 3 rings (SSSR count). The van der Waals surface area contributed by atoms with Crippen molar-refractivity contribution in [3.05, 3.63) is 35.9 Å². The Morgan fingerprint density at radius 1 is 0.839 bits per heavy atom. The summed E-state index contributed by atoms with van der Waals surface area (Å²) in [5.41, 5.74) is 1.29. The van der Waals surface area contributed by atoms with Crippen LogP contribution >= 0.6 is 0 Å². The van der Waals surface area contributed by atoms with Gasteiger partial charge in [-0.15, -0.1) is 0 Å². The molecule has 2 heteroatoms. The molecular weight excluding hydrogens is 378 g/mol. The van der Waals surface area contributed by atoms with Gasteiger partial charge in [-0.3, -0.25) is 0 Å². The lowest BCUT2D eigenvalue weighted by Crippen LogP contribution is -2.17. The highest BCUT2D eigenvalue weighted by Crippen LogP contribution is 2.50.